The van der Waals surface area contributed by atoms with E-state index in [1.807, 2.05) is 79.7 Å². The fraction of sp³-hybridized carbons (Fsp3) is 0.588. The Balaban J connectivity index is -0.000000596. The van der Waals surface area contributed by atoms with Gasteiger partial charge in [-0.15, -0.1) is 0 Å². The third kappa shape index (κ3) is 22.3. The number of aliphatic hydroxyl groups is 6. The molecule has 12 heteroatoms. The van der Waals surface area contributed by atoms with E-state index in [0.717, 1.165) is 33.4 Å². The first kappa shape index (κ1) is 47.2. The van der Waals surface area contributed by atoms with Crippen LogP contribution in [0.25, 0.3) is 0 Å². The summed E-state index contributed by atoms with van der Waals surface area (Å²) in [7, 11) is 0. The van der Waals surface area contributed by atoms with Crippen LogP contribution >= 0.6 is 0 Å². The van der Waals surface area contributed by atoms with Crippen LogP contribution in [-0.4, -0.2) is 103 Å². The summed E-state index contributed by atoms with van der Waals surface area (Å²) in [6.45, 7) is 15.1. The van der Waals surface area contributed by atoms with E-state index < -0.39 is 11.9 Å². The molecule has 46 heavy (non-hydrogen) atoms. The lowest BCUT2D eigenvalue weighted by Gasteiger charge is -2.22. The molecule has 0 saturated heterocycles. The molecule has 0 unspecified atom stereocenters. The lowest BCUT2D eigenvalue weighted by molar-refractivity contribution is -0.138. The zero-order valence-electron chi connectivity index (χ0n) is 28.7. The van der Waals surface area contributed by atoms with Gasteiger partial charge in [-0.1, -0.05) is 65.8 Å². The number of carbonyl (C=O) groups is 2. The average Bonchev–Trinajstić information content (AvgIpc) is 2.97. The van der Waals surface area contributed by atoms with Gasteiger partial charge >= 0.3 is 11.9 Å². The highest BCUT2D eigenvalue weighted by atomic mass is 16.4. The van der Waals surface area contributed by atoms with Crippen LogP contribution in [0.5, 0.6) is 11.5 Å². The molecule has 12 nitrogen and oxygen atoms in total. The summed E-state index contributed by atoms with van der Waals surface area (Å²) in [5.74, 6) is -0.964. The Morgan fingerprint density at radius 3 is 0.935 bits per heavy atom. The van der Waals surface area contributed by atoms with Crippen molar-refractivity contribution in [2.24, 2.45) is 0 Å². The predicted molar refractivity (Wildman–Crippen MR) is 178 cm³/mol. The third-order valence-corrected chi connectivity index (χ3v) is 5.89. The van der Waals surface area contributed by atoms with Crippen molar-refractivity contribution in [3.8, 4) is 11.5 Å². The highest BCUT2D eigenvalue weighted by Crippen LogP contribution is 2.35. The van der Waals surface area contributed by atoms with E-state index in [4.69, 9.17) is 40.9 Å². The summed E-state index contributed by atoms with van der Waals surface area (Å²) in [6, 6.07) is 7.53. The molecule has 2 aromatic rings. The highest BCUT2D eigenvalue weighted by molar-refractivity contribution is 5.67. The van der Waals surface area contributed by atoms with Gasteiger partial charge in [-0.3, -0.25) is 9.59 Å². The molecular formula is C34H58O12. The maximum absolute atomic E-state index is 10.6. The molecule has 0 amide bonds. The van der Waals surface area contributed by atoms with Crippen LogP contribution in [0.4, 0.5) is 0 Å². The van der Waals surface area contributed by atoms with Gasteiger partial charge in [-0.25, -0.2) is 0 Å². The zero-order valence-corrected chi connectivity index (χ0v) is 28.7. The molecular weight excluding hydrogens is 600 g/mol. The summed E-state index contributed by atoms with van der Waals surface area (Å²) in [5.41, 5.74) is 4.99. The standard InChI is InChI=1S/2C14H20O3.3C2H6O2/c2*1-9-7-10(5-6-12(15)16)8-11(13(9)17)14(2,3)4;3*3-1-2-4/h2*7-8,17H,5-6H2,1-4H3,(H,15,16);3*3-4H,1-2H2. The van der Waals surface area contributed by atoms with Crippen LogP contribution in [0, 0.1) is 13.8 Å². The number of benzene rings is 2. The van der Waals surface area contributed by atoms with Crippen LogP contribution < -0.4 is 0 Å². The fourth-order valence-electron chi connectivity index (χ4n) is 3.64. The highest BCUT2D eigenvalue weighted by Gasteiger charge is 2.21. The summed E-state index contributed by atoms with van der Waals surface area (Å²) >= 11 is 0. The van der Waals surface area contributed by atoms with Gasteiger partial charge in [-0.2, -0.15) is 0 Å². The number of hydrogen-bond acceptors (Lipinski definition) is 10. The lowest BCUT2D eigenvalue weighted by atomic mass is 9.83. The molecule has 2 aromatic carbocycles. The van der Waals surface area contributed by atoms with Crippen LogP contribution in [0.2, 0.25) is 0 Å². The first-order valence-corrected chi connectivity index (χ1v) is 14.9. The Morgan fingerprint density at radius 2 is 0.761 bits per heavy atom. The van der Waals surface area contributed by atoms with E-state index in [9.17, 15) is 19.8 Å². The van der Waals surface area contributed by atoms with Crippen molar-refractivity contribution in [1.29, 1.82) is 0 Å². The van der Waals surface area contributed by atoms with Gasteiger partial charge < -0.3 is 51.1 Å². The second-order valence-electron chi connectivity index (χ2n) is 12.2. The number of hydrogen-bond donors (Lipinski definition) is 10. The molecule has 0 bridgehead atoms. The normalized spacial score (nSPS) is 10.5. The molecule has 0 spiro atoms. The molecule has 2 rings (SSSR count). The van der Waals surface area contributed by atoms with Crippen molar-refractivity contribution in [3.63, 3.8) is 0 Å². The summed E-state index contributed by atoms with van der Waals surface area (Å²) in [5, 5.41) is 83.1. The Morgan fingerprint density at radius 1 is 0.522 bits per heavy atom. The first-order chi connectivity index (χ1) is 21.2. The van der Waals surface area contributed by atoms with Crippen LogP contribution in [-0.2, 0) is 33.3 Å². The third-order valence-electron chi connectivity index (χ3n) is 5.89. The Labute approximate surface area is 273 Å². The molecule has 0 fully saturated rings. The van der Waals surface area contributed by atoms with Crippen LogP contribution in [0.3, 0.4) is 0 Å². The van der Waals surface area contributed by atoms with E-state index >= 15 is 0 Å². The number of carboxylic acid groups (broad SMARTS) is 2. The minimum absolute atomic E-state index is 0.119. The van der Waals surface area contributed by atoms with Crippen molar-refractivity contribution in [3.05, 3.63) is 57.6 Å². The maximum Gasteiger partial charge on any atom is 0.303 e. The van der Waals surface area contributed by atoms with Gasteiger partial charge in [0.2, 0.25) is 0 Å². The van der Waals surface area contributed by atoms with Crippen molar-refractivity contribution in [1.82, 2.24) is 0 Å². The minimum Gasteiger partial charge on any atom is -0.507 e. The topological polar surface area (TPSA) is 236 Å². The van der Waals surface area contributed by atoms with Gasteiger partial charge in [0, 0.05) is 12.8 Å². The molecule has 0 aliphatic heterocycles. The van der Waals surface area contributed by atoms with E-state index in [-0.39, 0.29) is 63.3 Å². The zero-order chi connectivity index (χ0) is 36.7. The summed E-state index contributed by atoms with van der Waals surface area (Å²) in [4.78, 5) is 21.1. The predicted octanol–water partition coefficient (Wildman–Crippen LogP) is 2.94. The number of aliphatic carboxylic acids is 2. The van der Waals surface area contributed by atoms with E-state index in [0.29, 0.717) is 24.3 Å². The molecule has 0 aromatic heterocycles. The molecule has 0 radical (unpaired) electrons. The van der Waals surface area contributed by atoms with Crippen molar-refractivity contribution in [2.45, 2.75) is 91.9 Å². The van der Waals surface area contributed by atoms with Gasteiger partial charge in [0.25, 0.3) is 0 Å². The number of aliphatic hydroxyl groups excluding tert-OH is 6. The number of aryl methyl sites for hydroxylation is 4. The number of rotatable bonds is 9. The number of phenolic OH excluding ortho intramolecular Hbond substituents is 2. The molecule has 10 N–H and O–H groups in total. The number of aromatic hydroxyl groups is 2. The molecule has 0 saturated carbocycles. The average molecular weight is 659 g/mol. The molecule has 266 valence electrons. The SMILES string of the molecule is Cc1cc(CCC(=O)O)cc(C(C)(C)C)c1O.Cc1cc(CCC(=O)O)cc(C(C)(C)C)c1O.OCCO.OCCO.OCCO. The number of phenols is 2. The Hall–Kier alpha value is -3.26. The number of carboxylic acids is 2. The van der Waals surface area contributed by atoms with Crippen LogP contribution in [0.15, 0.2) is 24.3 Å². The smallest absolute Gasteiger partial charge is 0.303 e. The quantitative estimate of drug-likeness (QED) is 0.187. The molecule has 0 heterocycles. The van der Waals surface area contributed by atoms with Gasteiger partial charge in [0.1, 0.15) is 11.5 Å². The second-order valence-corrected chi connectivity index (χ2v) is 12.2. The minimum atomic E-state index is -0.798. The van der Waals surface area contributed by atoms with Crippen molar-refractivity contribution >= 4 is 11.9 Å². The largest absolute Gasteiger partial charge is 0.507 e. The molecule has 0 aliphatic carbocycles. The van der Waals surface area contributed by atoms with Gasteiger partial charge in [-0.05, 0) is 70.9 Å². The van der Waals surface area contributed by atoms with E-state index in [2.05, 4.69) is 0 Å². The summed E-state index contributed by atoms with van der Waals surface area (Å²) < 4.78 is 0. The maximum atomic E-state index is 10.6. The fourth-order valence-corrected chi connectivity index (χ4v) is 3.64. The van der Waals surface area contributed by atoms with E-state index in [1.54, 1.807) is 0 Å². The Kier molecular flexibility index (Phi) is 25.5. The van der Waals surface area contributed by atoms with E-state index in [1.165, 1.54) is 0 Å². The van der Waals surface area contributed by atoms with Crippen molar-refractivity contribution < 1.29 is 60.7 Å². The lowest BCUT2D eigenvalue weighted by Crippen LogP contribution is -2.12. The first-order valence-electron chi connectivity index (χ1n) is 14.9. The Bertz CT molecular complexity index is 1030. The monoisotopic (exact) mass is 658 g/mol. The molecule has 0 atom stereocenters. The summed E-state index contributed by atoms with van der Waals surface area (Å²) in [6.07, 6.45) is 1.24. The van der Waals surface area contributed by atoms with Gasteiger partial charge in [0.15, 0.2) is 0 Å². The van der Waals surface area contributed by atoms with Gasteiger partial charge in [0.05, 0.1) is 39.6 Å². The molecule has 0 aliphatic rings. The second kappa shape index (κ2) is 24.9. The van der Waals surface area contributed by atoms with Crippen LogP contribution in [0.1, 0.15) is 87.8 Å². The van der Waals surface area contributed by atoms with Crippen molar-refractivity contribution in [2.75, 3.05) is 39.6 Å².